The van der Waals surface area contributed by atoms with E-state index in [1.165, 1.54) is 0 Å². The average molecular weight is 239 g/mol. The van der Waals surface area contributed by atoms with E-state index >= 15 is 0 Å². The summed E-state index contributed by atoms with van der Waals surface area (Å²) in [6, 6.07) is 0. The number of nitrogens with zero attached hydrogens (tertiary/aromatic N) is 1. The fraction of sp³-hybridized carbons (Fsp3) is 0.692. The van der Waals surface area contributed by atoms with Crippen molar-refractivity contribution in [2.75, 3.05) is 13.6 Å². The van der Waals surface area contributed by atoms with E-state index in [0.29, 0.717) is 25.3 Å². The van der Waals surface area contributed by atoms with Gasteiger partial charge in [-0.3, -0.25) is 9.59 Å². The summed E-state index contributed by atoms with van der Waals surface area (Å²) in [6.45, 7) is 6.10. The Balaban J connectivity index is 2.76. The fourth-order valence-electron chi connectivity index (χ4n) is 2.59. The Morgan fingerprint density at radius 3 is 2.47 bits per heavy atom. The van der Waals surface area contributed by atoms with Crippen molar-refractivity contribution in [1.82, 2.24) is 4.90 Å². The molecule has 0 aromatic rings. The van der Waals surface area contributed by atoms with Crippen LogP contribution in [0.1, 0.15) is 26.2 Å². The molecule has 1 N–H and O–H groups in total. The van der Waals surface area contributed by atoms with Crippen molar-refractivity contribution < 1.29 is 14.7 Å². The number of likely N-dealkylation sites (N-methyl/N-ethyl adjacent to an activating group) is 1. The number of rotatable bonds is 5. The predicted octanol–water partition coefficient (Wildman–Crippen LogP) is 1.77. The van der Waals surface area contributed by atoms with Gasteiger partial charge in [0.2, 0.25) is 5.91 Å². The normalized spacial score (nSPS) is 27.8. The maximum absolute atomic E-state index is 12.1. The van der Waals surface area contributed by atoms with Crippen molar-refractivity contribution >= 4 is 11.9 Å². The number of amides is 1. The Morgan fingerprint density at radius 1 is 1.41 bits per heavy atom. The smallest absolute Gasteiger partial charge is 0.307 e. The molecule has 1 aliphatic carbocycles. The van der Waals surface area contributed by atoms with Crippen LogP contribution in [-0.4, -0.2) is 35.5 Å². The monoisotopic (exact) mass is 239 g/mol. The lowest BCUT2D eigenvalue weighted by molar-refractivity contribution is -0.148. The molecule has 1 amide bonds. The molecule has 0 bridgehead atoms. The highest BCUT2D eigenvalue weighted by Crippen LogP contribution is 2.39. The fourth-order valence-corrected chi connectivity index (χ4v) is 2.59. The van der Waals surface area contributed by atoms with Crippen LogP contribution in [-0.2, 0) is 9.59 Å². The zero-order chi connectivity index (χ0) is 13.0. The minimum absolute atomic E-state index is 0.0618. The first-order valence-electron chi connectivity index (χ1n) is 6.09. The van der Waals surface area contributed by atoms with Crippen LogP contribution in [0.15, 0.2) is 12.7 Å². The number of carboxylic acid groups (broad SMARTS) is 1. The predicted molar refractivity (Wildman–Crippen MR) is 65.5 cm³/mol. The van der Waals surface area contributed by atoms with Crippen LogP contribution in [0.25, 0.3) is 0 Å². The Kier molecular flexibility index (Phi) is 4.73. The molecule has 0 aromatic heterocycles. The van der Waals surface area contributed by atoms with Crippen molar-refractivity contribution in [3.63, 3.8) is 0 Å². The van der Waals surface area contributed by atoms with Crippen molar-refractivity contribution in [1.29, 1.82) is 0 Å². The van der Waals surface area contributed by atoms with Crippen LogP contribution >= 0.6 is 0 Å². The van der Waals surface area contributed by atoms with Crippen LogP contribution in [0.2, 0.25) is 0 Å². The van der Waals surface area contributed by atoms with E-state index in [1.807, 2.05) is 6.92 Å². The number of aliphatic carboxylic acids is 1. The average Bonchev–Trinajstić information content (AvgIpc) is 2.72. The van der Waals surface area contributed by atoms with Crippen LogP contribution in [0.5, 0.6) is 0 Å². The summed E-state index contributed by atoms with van der Waals surface area (Å²) in [4.78, 5) is 24.9. The van der Waals surface area contributed by atoms with Gasteiger partial charge in [-0.15, -0.1) is 6.58 Å². The highest BCUT2D eigenvalue weighted by molar-refractivity contribution is 5.85. The van der Waals surface area contributed by atoms with Gasteiger partial charge < -0.3 is 10.0 Å². The van der Waals surface area contributed by atoms with Crippen molar-refractivity contribution in [3.8, 4) is 0 Å². The Labute approximate surface area is 102 Å². The minimum Gasteiger partial charge on any atom is -0.481 e. The molecule has 0 aromatic carbocycles. The molecule has 1 unspecified atom stereocenters. The van der Waals surface area contributed by atoms with Gasteiger partial charge >= 0.3 is 5.97 Å². The van der Waals surface area contributed by atoms with Gasteiger partial charge in [-0.25, -0.2) is 0 Å². The summed E-state index contributed by atoms with van der Waals surface area (Å²) in [6.07, 6.45) is 3.93. The highest BCUT2D eigenvalue weighted by atomic mass is 16.4. The summed E-state index contributed by atoms with van der Waals surface area (Å²) in [7, 11) is 1.70. The second-order valence-corrected chi connectivity index (χ2v) is 4.80. The van der Waals surface area contributed by atoms with E-state index in [1.54, 1.807) is 18.0 Å². The number of hydrogen-bond acceptors (Lipinski definition) is 2. The van der Waals surface area contributed by atoms with Gasteiger partial charge in [0.1, 0.15) is 0 Å². The third-order valence-electron chi connectivity index (χ3n) is 3.65. The Morgan fingerprint density at radius 2 is 2.00 bits per heavy atom. The number of carbonyl (C=O) groups is 2. The molecular weight excluding hydrogens is 218 g/mol. The lowest BCUT2D eigenvalue weighted by Gasteiger charge is -2.22. The Bertz CT molecular complexity index is 314. The van der Waals surface area contributed by atoms with E-state index in [9.17, 15) is 9.59 Å². The first-order valence-corrected chi connectivity index (χ1v) is 6.09. The molecule has 1 rings (SSSR count). The molecule has 1 fully saturated rings. The van der Waals surface area contributed by atoms with E-state index in [-0.39, 0.29) is 11.8 Å². The van der Waals surface area contributed by atoms with Crippen molar-refractivity contribution in [2.45, 2.75) is 26.2 Å². The molecule has 0 heterocycles. The zero-order valence-electron chi connectivity index (χ0n) is 10.6. The number of carboxylic acids is 1. The molecular formula is C13H21NO3. The standard InChI is InChI=1S/C13H21NO3/c1-4-6-14(3)12(15)10-7-9(5-2)8-11(10)13(16)17/h4,9-11H,1,5-8H2,2-3H3,(H,16,17)/t9?,10-,11+/m0/s1. The molecule has 0 spiro atoms. The first-order chi connectivity index (χ1) is 8.01. The maximum atomic E-state index is 12.1. The molecule has 96 valence electrons. The van der Waals surface area contributed by atoms with Gasteiger partial charge in [-0.2, -0.15) is 0 Å². The lowest BCUT2D eigenvalue weighted by atomic mass is 9.95. The largest absolute Gasteiger partial charge is 0.481 e. The third-order valence-corrected chi connectivity index (χ3v) is 3.65. The van der Waals surface area contributed by atoms with Gasteiger partial charge in [0.15, 0.2) is 0 Å². The second kappa shape index (κ2) is 5.84. The topological polar surface area (TPSA) is 57.6 Å². The lowest BCUT2D eigenvalue weighted by Crippen LogP contribution is -2.36. The van der Waals surface area contributed by atoms with Crippen LogP contribution in [0.3, 0.4) is 0 Å². The summed E-state index contributed by atoms with van der Waals surface area (Å²) >= 11 is 0. The van der Waals surface area contributed by atoms with E-state index in [0.717, 1.165) is 6.42 Å². The Hall–Kier alpha value is -1.32. The third kappa shape index (κ3) is 3.08. The molecule has 0 saturated heterocycles. The van der Waals surface area contributed by atoms with E-state index in [2.05, 4.69) is 6.58 Å². The van der Waals surface area contributed by atoms with E-state index in [4.69, 9.17) is 5.11 Å². The molecule has 4 heteroatoms. The highest BCUT2D eigenvalue weighted by Gasteiger charge is 2.42. The maximum Gasteiger partial charge on any atom is 0.307 e. The van der Waals surface area contributed by atoms with Gasteiger partial charge in [0.25, 0.3) is 0 Å². The van der Waals surface area contributed by atoms with Gasteiger partial charge in [0, 0.05) is 13.6 Å². The molecule has 1 saturated carbocycles. The molecule has 0 radical (unpaired) electrons. The quantitative estimate of drug-likeness (QED) is 0.744. The number of carbonyl (C=O) groups excluding carboxylic acids is 1. The molecule has 0 aliphatic heterocycles. The summed E-state index contributed by atoms with van der Waals surface area (Å²) in [5, 5.41) is 9.17. The summed E-state index contributed by atoms with van der Waals surface area (Å²) in [5.74, 6) is -1.41. The van der Waals surface area contributed by atoms with Crippen molar-refractivity contribution in [2.24, 2.45) is 17.8 Å². The van der Waals surface area contributed by atoms with E-state index < -0.39 is 11.9 Å². The molecule has 4 nitrogen and oxygen atoms in total. The van der Waals surface area contributed by atoms with Crippen molar-refractivity contribution in [3.05, 3.63) is 12.7 Å². The van der Waals surface area contributed by atoms with Crippen LogP contribution in [0.4, 0.5) is 0 Å². The summed E-state index contributed by atoms with van der Waals surface area (Å²) in [5.41, 5.74) is 0. The summed E-state index contributed by atoms with van der Waals surface area (Å²) < 4.78 is 0. The number of hydrogen-bond donors (Lipinski definition) is 1. The van der Waals surface area contributed by atoms with Gasteiger partial charge in [-0.05, 0) is 18.8 Å². The second-order valence-electron chi connectivity index (χ2n) is 4.80. The molecule has 3 atom stereocenters. The van der Waals surface area contributed by atoms with Crippen LogP contribution in [0, 0.1) is 17.8 Å². The molecule has 1 aliphatic rings. The van der Waals surface area contributed by atoms with Crippen LogP contribution < -0.4 is 0 Å². The first kappa shape index (κ1) is 13.7. The molecule has 17 heavy (non-hydrogen) atoms. The zero-order valence-corrected chi connectivity index (χ0v) is 10.6. The van der Waals surface area contributed by atoms with Gasteiger partial charge in [0.05, 0.1) is 11.8 Å². The minimum atomic E-state index is -0.841. The van der Waals surface area contributed by atoms with Gasteiger partial charge in [-0.1, -0.05) is 19.4 Å². The SMILES string of the molecule is C=CCN(C)C(=O)[C@H]1CC(CC)C[C@H]1C(=O)O.